The van der Waals surface area contributed by atoms with Crippen LogP contribution in [0.25, 0.3) is 10.9 Å². The molecule has 1 heterocycles. The van der Waals surface area contributed by atoms with Gasteiger partial charge in [0.05, 0.1) is 30.5 Å². The number of rotatable bonds is 5. The summed E-state index contributed by atoms with van der Waals surface area (Å²) in [6.07, 6.45) is 0. The molecule has 0 aliphatic carbocycles. The number of pyridine rings is 1. The maximum absolute atomic E-state index is 12.3. The number of methoxy groups -OCH3 is 2. The minimum absolute atomic E-state index is 0.0477. The monoisotopic (exact) mass is 288 g/mol. The zero-order valence-electron chi connectivity index (χ0n) is 12.8. The van der Waals surface area contributed by atoms with E-state index in [1.54, 1.807) is 14.2 Å². The molecule has 0 saturated heterocycles. The highest BCUT2D eigenvalue weighted by atomic mass is 16.5. The lowest BCUT2D eigenvalue weighted by molar-refractivity contribution is 0.0904. The Morgan fingerprint density at radius 1 is 1.33 bits per heavy atom. The predicted octanol–water partition coefficient (Wildman–Crippen LogP) is 2.32. The summed E-state index contributed by atoms with van der Waals surface area (Å²) in [4.78, 5) is 16.8. The molecule has 1 amide bonds. The molecule has 1 atom stereocenters. The van der Waals surface area contributed by atoms with Crippen molar-refractivity contribution < 1.29 is 14.3 Å². The molecule has 5 nitrogen and oxygen atoms in total. The predicted molar refractivity (Wildman–Crippen MR) is 81.8 cm³/mol. The van der Waals surface area contributed by atoms with E-state index < -0.39 is 0 Å². The van der Waals surface area contributed by atoms with E-state index in [9.17, 15) is 4.79 Å². The standard InChI is InChI=1S/C16H20N2O3/c1-10(9-20-3)17-16(19)14-7-12-5-6-13(21-4)8-15(12)18-11(14)2/h5-8,10H,9H2,1-4H3,(H,17,19). The number of hydrogen-bond acceptors (Lipinski definition) is 4. The molecular formula is C16H20N2O3. The lowest BCUT2D eigenvalue weighted by Gasteiger charge is -2.14. The fourth-order valence-corrected chi connectivity index (χ4v) is 2.19. The van der Waals surface area contributed by atoms with Gasteiger partial charge < -0.3 is 14.8 Å². The van der Waals surface area contributed by atoms with Gasteiger partial charge in [-0.25, -0.2) is 0 Å². The highest BCUT2D eigenvalue weighted by molar-refractivity contribution is 5.98. The maximum Gasteiger partial charge on any atom is 0.253 e. The SMILES string of the molecule is COCC(C)NC(=O)c1cc2ccc(OC)cc2nc1C. The van der Waals surface area contributed by atoms with Crippen LogP contribution >= 0.6 is 0 Å². The van der Waals surface area contributed by atoms with Crippen LogP contribution in [0.4, 0.5) is 0 Å². The van der Waals surface area contributed by atoms with Crippen molar-refractivity contribution in [2.75, 3.05) is 20.8 Å². The van der Waals surface area contributed by atoms with E-state index in [-0.39, 0.29) is 11.9 Å². The van der Waals surface area contributed by atoms with Gasteiger partial charge in [0, 0.05) is 24.6 Å². The molecule has 0 saturated carbocycles. The van der Waals surface area contributed by atoms with Gasteiger partial charge in [0.2, 0.25) is 0 Å². The Bertz CT molecular complexity index is 655. The van der Waals surface area contributed by atoms with Crippen molar-refractivity contribution in [1.82, 2.24) is 10.3 Å². The summed E-state index contributed by atoms with van der Waals surface area (Å²) >= 11 is 0. The van der Waals surface area contributed by atoms with Crippen LogP contribution < -0.4 is 10.1 Å². The zero-order valence-corrected chi connectivity index (χ0v) is 12.8. The van der Waals surface area contributed by atoms with Gasteiger partial charge in [0.15, 0.2) is 0 Å². The van der Waals surface area contributed by atoms with Crippen LogP contribution in [0.15, 0.2) is 24.3 Å². The van der Waals surface area contributed by atoms with E-state index in [4.69, 9.17) is 9.47 Å². The molecule has 0 bridgehead atoms. The van der Waals surface area contributed by atoms with Crippen molar-refractivity contribution in [3.05, 3.63) is 35.5 Å². The van der Waals surface area contributed by atoms with Gasteiger partial charge in [-0.2, -0.15) is 0 Å². The first-order valence-electron chi connectivity index (χ1n) is 6.80. The van der Waals surface area contributed by atoms with Gasteiger partial charge in [0.25, 0.3) is 5.91 Å². The zero-order chi connectivity index (χ0) is 15.4. The van der Waals surface area contributed by atoms with Crippen LogP contribution in [0.3, 0.4) is 0 Å². The smallest absolute Gasteiger partial charge is 0.253 e. The Morgan fingerprint density at radius 3 is 2.76 bits per heavy atom. The molecule has 0 aliphatic rings. The Kier molecular flexibility index (Phi) is 4.75. The van der Waals surface area contributed by atoms with Crippen molar-refractivity contribution in [1.29, 1.82) is 0 Å². The Morgan fingerprint density at radius 2 is 2.10 bits per heavy atom. The normalized spacial score (nSPS) is 12.2. The van der Waals surface area contributed by atoms with Gasteiger partial charge in [-0.05, 0) is 32.0 Å². The number of benzene rings is 1. The molecule has 0 aliphatic heterocycles. The molecule has 112 valence electrons. The number of aromatic nitrogens is 1. The fraction of sp³-hybridized carbons (Fsp3) is 0.375. The van der Waals surface area contributed by atoms with E-state index in [0.29, 0.717) is 17.9 Å². The first kappa shape index (κ1) is 15.3. The van der Waals surface area contributed by atoms with Crippen LogP contribution in [0.2, 0.25) is 0 Å². The van der Waals surface area contributed by atoms with Crippen molar-refractivity contribution in [2.24, 2.45) is 0 Å². The number of nitrogens with one attached hydrogen (secondary N) is 1. The molecule has 2 rings (SSSR count). The number of nitrogens with zero attached hydrogens (tertiary/aromatic N) is 1. The topological polar surface area (TPSA) is 60.5 Å². The Balaban J connectivity index is 2.32. The minimum atomic E-state index is -0.137. The summed E-state index contributed by atoms with van der Waals surface area (Å²) in [5.41, 5.74) is 2.09. The fourth-order valence-electron chi connectivity index (χ4n) is 2.19. The summed E-state index contributed by atoms with van der Waals surface area (Å²) < 4.78 is 10.2. The van der Waals surface area contributed by atoms with Crippen LogP contribution in [-0.4, -0.2) is 37.8 Å². The van der Waals surface area contributed by atoms with Gasteiger partial charge in [-0.1, -0.05) is 0 Å². The maximum atomic E-state index is 12.3. The van der Waals surface area contributed by atoms with Crippen molar-refractivity contribution in [2.45, 2.75) is 19.9 Å². The third kappa shape index (κ3) is 3.49. The molecule has 2 aromatic rings. The van der Waals surface area contributed by atoms with E-state index >= 15 is 0 Å². The second-order valence-corrected chi connectivity index (χ2v) is 5.01. The number of carbonyl (C=O) groups is 1. The van der Waals surface area contributed by atoms with Gasteiger partial charge in [0.1, 0.15) is 5.75 Å². The first-order chi connectivity index (χ1) is 10.0. The number of hydrogen-bond donors (Lipinski definition) is 1. The number of fused-ring (bicyclic) bond motifs is 1. The molecule has 5 heteroatoms. The van der Waals surface area contributed by atoms with Crippen molar-refractivity contribution in [3.63, 3.8) is 0 Å². The average Bonchev–Trinajstić information content (AvgIpc) is 2.45. The average molecular weight is 288 g/mol. The summed E-state index contributed by atoms with van der Waals surface area (Å²) in [5, 5.41) is 3.80. The number of ether oxygens (including phenoxy) is 2. The summed E-state index contributed by atoms with van der Waals surface area (Å²) in [7, 11) is 3.23. The Hall–Kier alpha value is -2.14. The molecule has 0 fully saturated rings. The third-order valence-corrected chi connectivity index (χ3v) is 3.25. The van der Waals surface area contributed by atoms with Crippen molar-refractivity contribution in [3.8, 4) is 5.75 Å². The van der Waals surface area contributed by atoms with Gasteiger partial charge in [-0.3, -0.25) is 9.78 Å². The van der Waals surface area contributed by atoms with Crippen LogP contribution in [-0.2, 0) is 4.74 Å². The number of amides is 1. The molecule has 0 spiro atoms. The highest BCUT2D eigenvalue weighted by Crippen LogP contribution is 2.21. The Labute approximate surface area is 124 Å². The molecule has 1 aromatic heterocycles. The van der Waals surface area contributed by atoms with E-state index in [2.05, 4.69) is 10.3 Å². The first-order valence-corrected chi connectivity index (χ1v) is 6.80. The van der Waals surface area contributed by atoms with E-state index in [1.165, 1.54) is 0 Å². The highest BCUT2D eigenvalue weighted by Gasteiger charge is 2.14. The number of aryl methyl sites for hydroxylation is 1. The molecule has 21 heavy (non-hydrogen) atoms. The summed E-state index contributed by atoms with van der Waals surface area (Å²) in [6.45, 7) is 4.20. The summed E-state index contributed by atoms with van der Waals surface area (Å²) in [5.74, 6) is 0.614. The summed E-state index contributed by atoms with van der Waals surface area (Å²) in [6, 6.07) is 7.42. The van der Waals surface area contributed by atoms with Crippen LogP contribution in [0.1, 0.15) is 23.0 Å². The third-order valence-electron chi connectivity index (χ3n) is 3.25. The minimum Gasteiger partial charge on any atom is -0.497 e. The molecule has 1 unspecified atom stereocenters. The van der Waals surface area contributed by atoms with Crippen LogP contribution in [0, 0.1) is 6.92 Å². The molecular weight excluding hydrogens is 268 g/mol. The van der Waals surface area contributed by atoms with E-state index in [1.807, 2.05) is 38.1 Å². The quantitative estimate of drug-likeness (QED) is 0.917. The molecule has 1 N–H and O–H groups in total. The lowest BCUT2D eigenvalue weighted by Crippen LogP contribution is -2.36. The van der Waals surface area contributed by atoms with Gasteiger partial charge >= 0.3 is 0 Å². The molecule has 1 aromatic carbocycles. The largest absolute Gasteiger partial charge is 0.497 e. The van der Waals surface area contributed by atoms with Crippen LogP contribution in [0.5, 0.6) is 5.75 Å². The number of carbonyl (C=O) groups excluding carboxylic acids is 1. The lowest BCUT2D eigenvalue weighted by atomic mass is 10.1. The van der Waals surface area contributed by atoms with E-state index in [0.717, 1.165) is 16.7 Å². The second kappa shape index (κ2) is 6.54. The van der Waals surface area contributed by atoms with Crippen molar-refractivity contribution >= 4 is 16.8 Å². The van der Waals surface area contributed by atoms with Gasteiger partial charge in [-0.15, -0.1) is 0 Å². The second-order valence-electron chi connectivity index (χ2n) is 5.01. The molecule has 0 radical (unpaired) electrons.